The van der Waals surface area contributed by atoms with Gasteiger partial charge in [0.1, 0.15) is 11.9 Å². The van der Waals surface area contributed by atoms with Crippen molar-refractivity contribution in [2.75, 3.05) is 0 Å². The maximum Gasteiger partial charge on any atom is 0.137 e. The Balaban J connectivity index is 3.31. The van der Waals surface area contributed by atoms with Crippen LogP contribution in [0, 0.1) is 20.7 Å². The molecule has 1 aromatic carbocycles. The van der Waals surface area contributed by atoms with Crippen molar-refractivity contribution in [3.8, 4) is 6.07 Å². The van der Waals surface area contributed by atoms with E-state index in [0.29, 0.717) is 9.13 Å². The van der Waals surface area contributed by atoms with Gasteiger partial charge in [0.2, 0.25) is 0 Å². The van der Waals surface area contributed by atoms with Crippen LogP contribution in [-0.2, 0) is 0 Å². The summed E-state index contributed by atoms with van der Waals surface area (Å²) in [5.74, 6) is -0.334. The van der Waals surface area contributed by atoms with Crippen LogP contribution in [0.4, 0.5) is 4.39 Å². The summed E-state index contributed by atoms with van der Waals surface area (Å²) in [6.45, 7) is 0. The predicted octanol–water partition coefficient (Wildman–Crippen LogP) is 2.30. The van der Waals surface area contributed by atoms with E-state index >= 15 is 0 Å². The Labute approximate surface area is 71.6 Å². The first-order chi connectivity index (χ1) is 4.75. The Morgan fingerprint density at radius 1 is 1.50 bits per heavy atom. The predicted molar refractivity (Wildman–Crippen MR) is 43.8 cm³/mol. The Bertz CT molecular complexity index is 290. The number of nitrogens with zero attached hydrogens (tertiary/aromatic N) is 1. The Morgan fingerprint density at radius 3 is 2.70 bits per heavy atom. The summed E-state index contributed by atoms with van der Waals surface area (Å²) in [5.41, 5.74) is 0.389. The lowest BCUT2D eigenvalue weighted by Crippen LogP contribution is -1.85. The fraction of sp³-hybridized carbons (Fsp3) is 0. The molecule has 0 fully saturated rings. The molecule has 0 radical (unpaired) electrons. The van der Waals surface area contributed by atoms with Gasteiger partial charge in [-0.25, -0.2) is 4.39 Å². The number of benzene rings is 1. The standard InChI is InChI=1S/C7H3FIN/c8-6-3-1-2-5(4-10)7(6)9/h1-3H. The van der Waals surface area contributed by atoms with Crippen LogP contribution in [-0.4, -0.2) is 0 Å². The first-order valence-corrected chi connectivity index (χ1v) is 3.67. The van der Waals surface area contributed by atoms with Crippen molar-refractivity contribution < 1.29 is 4.39 Å². The molecule has 0 saturated carbocycles. The maximum absolute atomic E-state index is 12.6. The molecule has 0 spiro atoms. The van der Waals surface area contributed by atoms with Crippen molar-refractivity contribution in [3.63, 3.8) is 0 Å². The highest BCUT2D eigenvalue weighted by molar-refractivity contribution is 14.1. The Morgan fingerprint density at radius 2 is 2.20 bits per heavy atom. The van der Waals surface area contributed by atoms with Gasteiger partial charge in [0.25, 0.3) is 0 Å². The van der Waals surface area contributed by atoms with Gasteiger partial charge >= 0.3 is 0 Å². The van der Waals surface area contributed by atoms with Crippen LogP contribution >= 0.6 is 22.6 Å². The van der Waals surface area contributed by atoms with Gasteiger partial charge in [-0.2, -0.15) is 5.26 Å². The van der Waals surface area contributed by atoms with Crippen molar-refractivity contribution >= 4 is 22.6 Å². The van der Waals surface area contributed by atoms with Gasteiger partial charge in [0.15, 0.2) is 0 Å². The second kappa shape index (κ2) is 2.97. The normalized spacial score (nSPS) is 8.90. The molecule has 0 N–H and O–H groups in total. The van der Waals surface area contributed by atoms with Gasteiger partial charge < -0.3 is 0 Å². The quantitative estimate of drug-likeness (QED) is 0.645. The van der Waals surface area contributed by atoms with E-state index in [9.17, 15) is 4.39 Å². The summed E-state index contributed by atoms with van der Waals surface area (Å²) < 4.78 is 13.0. The zero-order chi connectivity index (χ0) is 7.56. The fourth-order valence-corrected chi connectivity index (χ4v) is 1.07. The Hall–Kier alpha value is -0.630. The SMILES string of the molecule is N#Cc1cccc(F)c1I. The van der Waals surface area contributed by atoms with Crippen molar-refractivity contribution in [3.05, 3.63) is 33.1 Å². The highest BCUT2D eigenvalue weighted by atomic mass is 127. The summed E-state index contributed by atoms with van der Waals surface area (Å²) in [4.78, 5) is 0. The molecule has 1 rings (SSSR count). The Kier molecular flexibility index (Phi) is 2.22. The molecule has 0 aliphatic rings. The second-order valence-corrected chi connectivity index (χ2v) is 2.79. The van der Waals surface area contributed by atoms with Gasteiger partial charge in [0.05, 0.1) is 9.13 Å². The molecule has 50 valence electrons. The summed E-state index contributed by atoms with van der Waals surface area (Å²) in [5, 5.41) is 8.42. The summed E-state index contributed by atoms with van der Waals surface area (Å²) >= 11 is 1.81. The monoisotopic (exact) mass is 247 g/mol. The first kappa shape index (κ1) is 7.48. The number of hydrogen-bond acceptors (Lipinski definition) is 1. The van der Waals surface area contributed by atoms with Gasteiger partial charge in [-0.15, -0.1) is 0 Å². The molecule has 3 heteroatoms. The molecule has 10 heavy (non-hydrogen) atoms. The van der Waals surface area contributed by atoms with Crippen molar-refractivity contribution in [2.45, 2.75) is 0 Å². The number of halogens is 2. The van der Waals surface area contributed by atoms with Crippen LogP contribution in [0.15, 0.2) is 18.2 Å². The lowest BCUT2D eigenvalue weighted by atomic mass is 10.2. The topological polar surface area (TPSA) is 23.8 Å². The van der Waals surface area contributed by atoms with Crippen LogP contribution in [0.25, 0.3) is 0 Å². The number of nitriles is 1. The summed E-state index contributed by atoms with van der Waals surface area (Å²) in [7, 11) is 0. The molecule has 0 aliphatic heterocycles. The van der Waals surface area contributed by atoms with Crippen molar-refractivity contribution in [1.82, 2.24) is 0 Å². The van der Waals surface area contributed by atoms with Gasteiger partial charge in [-0.3, -0.25) is 0 Å². The van der Waals surface area contributed by atoms with Crippen molar-refractivity contribution in [2.24, 2.45) is 0 Å². The second-order valence-electron chi connectivity index (χ2n) is 1.71. The van der Waals surface area contributed by atoms with Crippen LogP contribution in [0.5, 0.6) is 0 Å². The average Bonchev–Trinajstić information content (AvgIpc) is 1.95. The van der Waals surface area contributed by atoms with Gasteiger partial charge in [-0.1, -0.05) is 6.07 Å². The lowest BCUT2D eigenvalue weighted by molar-refractivity contribution is 0.619. The highest BCUT2D eigenvalue weighted by Crippen LogP contribution is 2.14. The number of hydrogen-bond donors (Lipinski definition) is 0. The van der Waals surface area contributed by atoms with Gasteiger partial charge in [0, 0.05) is 0 Å². The van der Waals surface area contributed by atoms with E-state index in [1.165, 1.54) is 12.1 Å². The first-order valence-electron chi connectivity index (χ1n) is 2.60. The molecule has 0 atom stereocenters. The fourth-order valence-electron chi connectivity index (χ4n) is 0.590. The molecule has 0 heterocycles. The maximum atomic E-state index is 12.6. The smallest absolute Gasteiger partial charge is 0.137 e. The molecule has 1 aromatic rings. The van der Waals surface area contributed by atoms with E-state index < -0.39 is 0 Å². The largest absolute Gasteiger partial charge is 0.206 e. The molecule has 0 unspecified atom stereocenters. The van der Waals surface area contributed by atoms with Crippen molar-refractivity contribution in [1.29, 1.82) is 5.26 Å². The van der Waals surface area contributed by atoms with Crippen LogP contribution < -0.4 is 0 Å². The summed E-state index contributed by atoms with van der Waals surface area (Å²) in [6, 6.07) is 6.34. The lowest BCUT2D eigenvalue weighted by Gasteiger charge is -1.93. The van der Waals surface area contributed by atoms with E-state index in [-0.39, 0.29) is 5.82 Å². The minimum Gasteiger partial charge on any atom is -0.206 e. The average molecular weight is 247 g/mol. The zero-order valence-electron chi connectivity index (χ0n) is 4.94. The van der Waals surface area contributed by atoms with E-state index in [0.717, 1.165) is 0 Å². The zero-order valence-corrected chi connectivity index (χ0v) is 7.09. The molecule has 0 amide bonds. The number of rotatable bonds is 0. The molecule has 1 nitrogen and oxygen atoms in total. The van der Waals surface area contributed by atoms with E-state index in [2.05, 4.69) is 0 Å². The molecule has 0 aromatic heterocycles. The van der Waals surface area contributed by atoms with E-state index in [1.54, 1.807) is 6.07 Å². The minimum atomic E-state index is -0.334. The summed E-state index contributed by atoms with van der Waals surface area (Å²) in [6.07, 6.45) is 0. The highest BCUT2D eigenvalue weighted by Gasteiger charge is 2.01. The molecular weight excluding hydrogens is 244 g/mol. The molecular formula is C7H3FIN. The minimum absolute atomic E-state index is 0.334. The van der Waals surface area contributed by atoms with E-state index in [4.69, 9.17) is 5.26 Å². The van der Waals surface area contributed by atoms with Gasteiger partial charge in [-0.05, 0) is 34.7 Å². The third-order valence-corrected chi connectivity index (χ3v) is 2.17. The molecule has 0 bridgehead atoms. The third kappa shape index (κ3) is 1.27. The molecule has 0 saturated heterocycles. The third-order valence-electron chi connectivity index (χ3n) is 1.07. The van der Waals surface area contributed by atoms with Crippen LogP contribution in [0.1, 0.15) is 5.56 Å². The van der Waals surface area contributed by atoms with Crippen LogP contribution in [0.3, 0.4) is 0 Å². The molecule has 0 aliphatic carbocycles. The van der Waals surface area contributed by atoms with E-state index in [1.807, 2.05) is 28.7 Å². The van der Waals surface area contributed by atoms with Crippen LogP contribution in [0.2, 0.25) is 0 Å².